The van der Waals surface area contributed by atoms with Gasteiger partial charge < -0.3 is 15.0 Å². The SMILES string of the molecule is CC1C2CNCC2CN1C(=O)CCC1CCCCO1. The first-order valence-corrected chi connectivity index (χ1v) is 7.87. The van der Waals surface area contributed by atoms with Gasteiger partial charge in [-0.05, 0) is 44.4 Å². The minimum absolute atomic E-state index is 0.330. The van der Waals surface area contributed by atoms with E-state index in [1.807, 2.05) is 0 Å². The highest BCUT2D eigenvalue weighted by molar-refractivity contribution is 5.77. The van der Waals surface area contributed by atoms with Crippen LogP contribution in [0, 0.1) is 11.8 Å². The summed E-state index contributed by atoms with van der Waals surface area (Å²) < 4.78 is 5.71. The molecule has 108 valence electrons. The number of nitrogens with zero attached hydrogens (tertiary/aromatic N) is 1. The fourth-order valence-electron chi connectivity index (χ4n) is 3.96. The molecule has 0 aromatic heterocycles. The second kappa shape index (κ2) is 5.80. The highest BCUT2D eigenvalue weighted by Crippen LogP contribution is 2.33. The minimum atomic E-state index is 0.330. The van der Waals surface area contributed by atoms with Gasteiger partial charge in [0.15, 0.2) is 0 Å². The molecule has 4 heteroatoms. The maximum atomic E-state index is 12.4. The average molecular weight is 266 g/mol. The van der Waals surface area contributed by atoms with Gasteiger partial charge in [-0.3, -0.25) is 4.79 Å². The summed E-state index contributed by atoms with van der Waals surface area (Å²) in [4.78, 5) is 14.5. The number of carbonyl (C=O) groups excluding carboxylic acids is 1. The number of fused-ring (bicyclic) bond motifs is 1. The molecule has 1 amide bonds. The molecule has 4 nitrogen and oxygen atoms in total. The monoisotopic (exact) mass is 266 g/mol. The summed E-state index contributed by atoms with van der Waals surface area (Å²) in [7, 11) is 0. The Labute approximate surface area is 115 Å². The lowest BCUT2D eigenvalue weighted by atomic mass is 9.95. The van der Waals surface area contributed by atoms with Crippen LogP contribution in [0.15, 0.2) is 0 Å². The Balaban J connectivity index is 1.47. The first-order chi connectivity index (χ1) is 9.25. The van der Waals surface area contributed by atoms with Crippen LogP contribution in [0.2, 0.25) is 0 Å². The molecule has 0 aliphatic carbocycles. The van der Waals surface area contributed by atoms with E-state index in [0.29, 0.717) is 36.3 Å². The smallest absolute Gasteiger partial charge is 0.222 e. The summed E-state index contributed by atoms with van der Waals surface area (Å²) in [6.07, 6.45) is 5.49. The first kappa shape index (κ1) is 13.4. The van der Waals surface area contributed by atoms with Crippen molar-refractivity contribution in [3.8, 4) is 0 Å². The third-order valence-electron chi connectivity index (χ3n) is 5.21. The molecule has 1 N–H and O–H groups in total. The van der Waals surface area contributed by atoms with Gasteiger partial charge in [0, 0.05) is 38.7 Å². The molecule has 0 aromatic rings. The maximum Gasteiger partial charge on any atom is 0.222 e. The Morgan fingerprint density at radius 2 is 2.26 bits per heavy atom. The molecule has 3 fully saturated rings. The van der Waals surface area contributed by atoms with Crippen molar-refractivity contribution in [1.29, 1.82) is 0 Å². The number of hydrogen-bond acceptors (Lipinski definition) is 3. The summed E-state index contributed by atoms with van der Waals surface area (Å²) in [5, 5.41) is 3.44. The number of hydrogen-bond donors (Lipinski definition) is 1. The summed E-state index contributed by atoms with van der Waals surface area (Å²) in [5.74, 6) is 1.70. The van der Waals surface area contributed by atoms with Crippen LogP contribution in [0.5, 0.6) is 0 Å². The normalized spacial score (nSPS) is 38.5. The molecule has 0 bridgehead atoms. The van der Waals surface area contributed by atoms with Crippen molar-refractivity contribution < 1.29 is 9.53 Å². The van der Waals surface area contributed by atoms with Crippen molar-refractivity contribution in [2.24, 2.45) is 11.8 Å². The number of amides is 1. The van der Waals surface area contributed by atoms with Crippen molar-refractivity contribution >= 4 is 5.91 Å². The van der Waals surface area contributed by atoms with Gasteiger partial charge in [0.05, 0.1) is 6.10 Å². The molecular weight excluding hydrogens is 240 g/mol. The van der Waals surface area contributed by atoms with Gasteiger partial charge in [0.2, 0.25) is 5.91 Å². The van der Waals surface area contributed by atoms with Crippen molar-refractivity contribution in [1.82, 2.24) is 10.2 Å². The molecule has 0 radical (unpaired) electrons. The van der Waals surface area contributed by atoms with Crippen LogP contribution in [0.4, 0.5) is 0 Å². The second-order valence-electron chi connectivity index (χ2n) is 6.40. The first-order valence-electron chi connectivity index (χ1n) is 7.87. The topological polar surface area (TPSA) is 41.6 Å². The van der Waals surface area contributed by atoms with Crippen LogP contribution in [-0.2, 0) is 9.53 Å². The van der Waals surface area contributed by atoms with E-state index in [1.165, 1.54) is 12.8 Å². The molecular formula is C15H26N2O2. The molecule has 3 heterocycles. The van der Waals surface area contributed by atoms with Gasteiger partial charge in [0.25, 0.3) is 0 Å². The van der Waals surface area contributed by atoms with Crippen LogP contribution in [-0.4, -0.2) is 49.2 Å². The zero-order valence-corrected chi connectivity index (χ0v) is 11.9. The Bertz CT molecular complexity index is 328. The minimum Gasteiger partial charge on any atom is -0.378 e. The van der Waals surface area contributed by atoms with Gasteiger partial charge in [-0.1, -0.05) is 0 Å². The molecule has 3 aliphatic heterocycles. The third-order valence-corrected chi connectivity index (χ3v) is 5.21. The van der Waals surface area contributed by atoms with E-state index in [-0.39, 0.29) is 0 Å². The van der Waals surface area contributed by atoms with Gasteiger partial charge in [0.1, 0.15) is 0 Å². The molecule has 0 saturated carbocycles. The van der Waals surface area contributed by atoms with Crippen molar-refractivity contribution in [3.63, 3.8) is 0 Å². The van der Waals surface area contributed by atoms with E-state index in [1.54, 1.807) is 0 Å². The molecule has 0 spiro atoms. The maximum absolute atomic E-state index is 12.4. The number of nitrogens with one attached hydrogen (secondary N) is 1. The lowest BCUT2D eigenvalue weighted by molar-refractivity contribution is -0.133. The summed E-state index contributed by atoms with van der Waals surface area (Å²) in [5.41, 5.74) is 0. The average Bonchev–Trinajstić information content (AvgIpc) is 3.01. The van der Waals surface area contributed by atoms with Gasteiger partial charge in [-0.15, -0.1) is 0 Å². The zero-order valence-electron chi connectivity index (χ0n) is 11.9. The van der Waals surface area contributed by atoms with Crippen LogP contribution in [0.3, 0.4) is 0 Å². The summed E-state index contributed by atoms with van der Waals surface area (Å²) in [6.45, 7) is 6.23. The predicted molar refractivity (Wildman–Crippen MR) is 73.8 cm³/mol. The highest BCUT2D eigenvalue weighted by atomic mass is 16.5. The van der Waals surface area contributed by atoms with E-state index < -0.39 is 0 Å². The molecule has 4 atom stereocenters. The van der Waals surface area contributed by atoms with E-state index in [9.17, 15) is 4.79 Å². The Kier molecular flexibility index (Phi) is 4.08. The zero-order chi connectivity index (χ0) is 13.2. The van der Waals surface area contributed by atoms with Crippen LogP contribution >= 0.6 is 0 Å². The number of likely N-dealkylation sites (tertiary alicyclic amines) is 1. The van der Waals surface area contributed by atoms with Crippen LogP contribution in [0.25, 0.3) is 0 Å². The summed E-state index contributed by atoms with van der Waals surface area (Å²) >= 11 is 0. The van der Waals surface area contributed by atoms with Crippen molar-refractivity contribution in [3.05, 3.63) is 0 Å². The fourth-order valence-corrected chi connectivity index (χ4v) is 3.96. The van der Waals surface area contributed by atoms with Crippen LogP contribution < -0.4 is 5.32 Å². The van der Waals surface area contributed by atoms with E-state index in [2.05, 4.69) is 17.1 Å². The number of carbonyl (C=O) groups is 1. The molecule has 0 aromatic carbocycles. The number of ether oxygens (including phenoxy) is 1. The molecule has 19 heavy (non-hydrogen) atoms. The second-order valence-corrected chi connectivity index (χ2v) is 6.40. The van der Waals surface area contributed by atoms with E-state index >= 15 is 0 Å². The lowest BCUT2D eigenvalue weighted by Crippen LogP contribution is -2.38. The van der Waals surface area contributed by atoms with E-state index in [0.717, 1.165) is 39.1 Å². The Morgan fingerprint density at radius 3 is 3.00 bits per heavy atom. The summed E-state index contributed by atoms with van der Waals surface area (Å²) in [6, 6.07) is 0.416. The fraction of sp³-hybridized carbons (Fsp3) is 0.933. The standard InChI is InChI=1S/C15H26N2O2/c1-11-14-9-16-8-12(14)10-17(11)15(18)6-5-13-4-2-3-7-19-13/h11-14,16H,2-10H2,1H3. The Hall–Kier alpha value is -0.610. The lowest BCUT2D eigenvalue weighted by Gasteiger charge is -2.26. The quantitative estimate of drug-likeness (QED) is 0.839. The van der Waals surface area contributed by atoms with Crippen molar-refractivity contribution in [2.75, 3.05) is 26.2 Å². The molecule has 4 unspecified atom stereocenters. The van der Waals surface area contributed by atoms with Gasteiger partial charge >= 0.3 is 0 Å². The van der Waals surface area contributed by atoms with Crippen LogP contribution in [0.1, 0.15) is 39.0 Å². The van der Waals surface area contributed by atoms with E-state index in [4.69, 9.17) is 4.74 Å². The van der Waals surface area contributed by atoms with Gasteiger partial charge in [-0.25, -0.2) is 0 Å². The molecule has 3 rings (SSSR count). The molecule has 3 aliphatic rings. The highest BCUT2D eigenvalue weighted by Gasteiger charge is 2.43. The number of rotatable bonds is 3. The molecule has 3 saturated heterocycles. The predicted octanol–water partition coefficient (Wildman–Crippen LogP) is 1.40. The van der Waals surface area contributed by atoms with Crippen molar-refractivity contribution in [2.45, 2.75) is 51.2 Å². The third kappa shape index (κ3) is 2.79. The Morgan fingerprint density at radius 1 is 1.37 bits per heavy atom. The largest absolute Gasteiger partial charge is 0.378 e. The van der Waals surface area contributed by atoms with Gasteiger partial charge in [-0.2, -0.15) is 0 Å².